The Labute approximate surface area is 195 Å². The lowest BCUT2D eigenvalue weighted by Crippen LogP contribution is -2.43. The molecule has 1 N–H and O–H groups in total. The number of carbonyl (C=O) groups excluding carboxylic acids is 1. The number of ether oxygens (including phenoxy) is 1. The molecule has 1 fully saturated rings. The number of piperidine rings is 1. The standard InChI is InChI=1S/C22H29N3O6S2/c1-16-7-10-20(32(27,28)24(2)3)14-21(16)23-22(26)17-6-5-13-25(15-17)33(29,30)19-11-8-18(31-4)9-12-19/h7-12,14,17H,5-6,13,15H2,1-4H3,(H,23,26). The van der Waals surface area contributed by atoms with Crippen molar-refractivity contribution in [1.82, 2.24) is 8.61 Å². The number of nitrogens with zero attached hydrogens (tertiary/aromatic N) is 2. The molecule has 33 heavy (non-hydrogen) atoms. The molecule has 0 saturated carbocycles. The third kappa shape index (κ3) is 5.37. The summed E-state index contributed by atoms with van der Waals surface area (Å²) in [5.41, 5.74) is 1.10. The van der Waals surface area contributed by atoms with Crippen LogP contribution in [0.1, 0.15) is 18.4 Å². The van der Waals surface area contributed by atoms with E-state index in [0.29, 0.717) is 36.4 Å². The summed E-state index contributed by atoms with van der Waals surface area (Å²) >= 11 is 0. The van der Waals surface area contributed by atoms with Crippen LogP contribution >= 0.6 is 0 Å². The first kappa shape index (κ1) is 25.2. The van der Waals surface area contributed by atoms with E-state index in [2.05, 4.69) is 5.32 Å². The minimum Gasteiger partial charge on any atom is -0.497 e. The number of hydrogen-bond donors (Lipinski definition) is 1. The van der Waals surface area contributed by atoms with E-state index in [1.54, 1.807) is 25.1 Å². The second-order valence-corrected chi connectivity index (χ2v) is 12.2. The minimum atomic E-state index is -3.76. The highest BCUT2D eigenvalue weighted by molar-refractivity contribution is 7.89. The van der Waals surface area contributed by atoms with Gasteiger partial charge >= 0.3 is 0 Å². The normalized spacial score (nSPS) is 17.7. The lowest BCUT2D eigenvalue weighted by Gasteiger charge is -2.31. The average Bonchev–Trinajstić information content (AvgIpc) is 2.80. The van der Waals surface area contributed by atoms with Gasteiger partial charge in [0.2, 0.25) is 26.0 Å². The monoisotopic (exact) mass is 495 g/mol. The van der Waals surface area contributed by atoms with Gasteiger partial charge in [0.15, 0.2) is 0 Å². The number of sulfonamides is 2. The summed E-state index contributed by atoms with van der Waals surface area (Å²) in [6.07, 6.45) is 1.08. The van der Waals surface area contributed by atoms with Crippen molar-refractivity contribution in [3.63, 3.8) is 0 Å². The van der Waals surface area contributed by atoms with E-state index in [1.165, 1.54) is 49.8 Å². The van der Waals surface area contributed by atoms with Crippen LogP contribution in [0, 0.1) is 12.8 Å². The third-order valence-corrected chi connectivity index (χ3v) is 9.39. The zero-order valence-electron chi connectivity index (χ0n) is 19.1. The quantitative estimate of drug-likeness (QED) is 0.631. The van der Waals surface area contributed by atoms with Crippen LogP contribution in [0.15, 0.2) is 52.3 Å². The molecule has 0 radical (unpaired) electrons. The van der Waals surface area contributed by atoms with E-state index in [-0.39, 0.29) is 22.2 Å². The molecular formula is C22H29N3O6S2. The molecule has 1 saturated heterocycles. The van der Waals surface area contributed by atoms with Crippen LogP contribution in [0.2, 0.25) is 0 Å². The first-order chi connectivity index (χ1) is 15.5. The number of nitrogens with one attached hydrogen (secondary N) is 1. The summed E-state index contributed by atoms with van der Waals surface area (Å²) in [4.78, 5) is 13.2. The van der Waals surface area contributed by atoms with Crippen molar-refractivity contribution in [2.45, 2.75) is 29.6 Å². The Morgan fingerprint density at radius 1 is 1.06 bits per heavy atom. The first-order valence-electron chi connectivity index (χ1n) is 10.4. The predicted octanol–water partition coefficient (Wildman–Crippen LogP) is 2.29. The number of rotatable bonds is 7. The van der Waals surface area contributed by atoms with Crippen molar-refractivity contribution < 1.29 is 26.4 Å². The lowest BCUT2D eigenvalue weighted by molar-refractivity contribution is -0.120. The second kappa shape index (κ2) is 9.80. The number of hydrogen-bond acceptors (Lipinski definition) is 6. The van der Waals surface area contributed by atoms with Gasteiger partial charge in [0.05, 0.1) is 22.8 Å². The summed E-state index contributed by atoms with van der Waals surface area (Å²) in [7, 11) is -3.03. The fourth-order valence-corrected chi connectivity index (χ4v) is 6.07. The maximum atomic E-state index is 13.1. The van der Waals surface area contributed by atoms with Crippen LogP contribution in [0.5, 0.6) is 5.75 Å². The van der Waals surface area contributed by atoms with Crippen molar-refractivity contribution in [1.29, 1.82) is 0 Å². The van der Waals surface area contributed by atoms with Gasteiger partial charge in [-0.2, -0.15) is 4.31 Å². The Balaban J connectivity index is 1.77. The smallest absolute Gasteiger partial charge is 0.243 e. The molecule has 9 nitrogen and oxygen atoms in total. The zero-order chi connectivity index (χ0) is 24.4. The van der Waals surface area contributed by atoms with Crippen molar-refractivity contribution in [3.05, 3.63) is 48.0 Å². The summed E-state index contributed by atoms with van der Waals surface area (Å²) < 4.78 is 58.5. The van der Waals surface area contributed by atoms with Crippen LogP contribution in [0.25, 0.3) is 0 Å². The number of anilines is 1. The molecule has 3 rings (SSSR count). The van der Waals surface area contributed by atoms with Gasteiger partial charge < -0.3 is 10.1 Å². The molecule has 1 unspecified atom stereocenters. The van der Waals surface area contributed by atoms with Gasteiger partial charge in [-0.05, 0) is 61.7 Å². The molecule has 0 spiro atoms. The Hall–Kier alpha value is -2.47. The fourth-order valence-electron chi connectivity index (χ4n) is 3.61. The van der Waals surface area contributed by atoms with E-state index < -0.39 is 26.0 Å². The number of carbonyl (C=O) groups is 1. The molecule has 11 heteroatoms. The maximum absolute atomic E-state index is 13.1. The lowest BCUT2D eigenvalue weighted by atomic mass is 9.98. The van der Waals surface area contributed by atoms with Crippen LogP contribution in [-0.4, -0.2) is 65.6 Å². The summed E-state index contributed by atoms with van der Waals surface area (Å²) in [6.45, 7) is 2.14. The highest BCUT2D eigenvalue weighted by Gasteiger charge is 2.33. The van der Waals surface area contributed by atoms with Crippen LogP contribution in [0.3, 0.4) is 0 Å². The molecule has 2 aromatic rings. The summed E-state index contributed by atoms with van der Waals surface area (Å²) in [5.74, 6) is -0.342. The van der Waals surface area contributed by atoms with Crippen molar-refractivity contribution in [3.8, 4) is 5.75 Å². The van der Waals surface area contributed by atoms with E-state index in [4.69, 9.17) is 4.74 Å². The van der Waals surface area contributed by atoms with Gasteiger partial charge in [-0.15, -0.1) is 0 Å². The molecule has 2 aromatic carbocycles. The first-order valence-corrected chi connectivity index (χ1v) is 13.3. The molecule has 1 amide bonds. The maximum Gasteiger partial charge on any atom is 0.243 e. The largest absolute Gasteiger partial charge is 0.497 e. The van der Waals surface area contributed by atoms with E-state index in [0.717, 1.165) is 4.31 Å². The van der Waals surface area contributed by atoms with Crippen LogP contribution in [-0.2, 0) is 24.8 Å². The van der Waals surface area contributed by atoms with Crippen LogP contribution < -0.4 is 10.1 Å². The molecule has 180 valence electrons. The molecule has 1 aliphatic rings. The van der Waals surface area contributed by atoms with Crippen LogP contribution in [0.4, 0.5) is 5.69 Å². The Morgan fingerprint density at radius 2 is 1.70 bits per heavy atom. The van der Waals surface area contributed by atoms with Crippen molar-refractivity contribution in [2.24, 2.45) is 5.92 Å². The Kier molecular flexibility index (Phi) is 7.47. The number of amides is 1. The van der Waals surface area contributed by atoms with Gasteiger partial charge in [-0.3, -0.25) is 4.79 Å². The number of benzene rings is 2. The summed E-state index contributed by atoms with van der Waals surface area (Å²) in [5, 5.41) is 2.80. The number of aryl methyl sites for hydroxylation is 1. The van der Waals surface area contributed by atoms with Crippen molar-refractivity contribution >= 4 is 31.6 Å². The highest BCUT2D eigenvalue weighted by atomic mass is 32.2. The molecule has 0 bridgehead atoms. The van der Waals surface area contributed by atoms with Gasteiger partial charge in [-0.25, -0.2) is 21.1 Å². The molecule has 0 aromatic heterocycles. The van der Waals surface area contributed by atoms with Gasteiger partial charge in [0.1, 0.15) is 5.75 Å². The van der Waals surface area contributed by atoms with E-state index in [1.807, 2.05) is 0 Å². The number of methoxy groups -OCH3 is 1. The third-order valence-electron chi connectivity index (χ3n) is 5.70. The van der Waals surface area contributed by atoms with E-state index >= 15 is 0 Å². The van der Waals surface area contributed by atoms with E-state index in [9.17, 15) is 21.6 Å². The molecule has 1 heterocycles. The minimum absolute atomic E-state index is 0.0505. The van der Waals surface area contributed by atoms with Crippen molar-refractivity contribution in [2.75, 3.05) is 39.6 Å². The SMILES string of the molecule is COc1ccc(S(=O)(=O)N2CCCC(C(=O)Nc3cc(S(=O)(=O)N(C)C)ccc3C)C2)cc1. The molecular weight excluding hydrogens is 466 g/mol. The average molecular weight is 496 g/mol. The zero-order valence-corrected chi connectivity index (χ0v) is 20.7. The fraction of sp³-hybridized carbons (Fsp3) is 0.409. The van der Waals surface area contributed by atoms with Gasteiger partial charge in [0.25, 0.3) is 0 Å². The second-order valence-electron chi connectivity index (χ2n) is 8.13. The molecule has 0 aliphatic carbocycles. The predicted molar refractivity (Wildman–Crippen MR) is 125 cm³/mol. The Bertz CT molecular complexity index is 1230. The summed E-state index contributed by atoms with van der Waals surface area (Å²) in [6, 6.07) is 10.7. The highest BCUT2D eigenvalue weighted by Crippen LogP contribution is 2.27. The van der Waals surface area contributed by atoms with Gasteiger partial charge in [0, 0.05) is 32.9 Å². The van der Waals surface area contributed by atoms with Gasteiger partial charge in [-0.1, -0.05) is 6.07 Å². The molecule has 1 atom stereocenters. The molecule has 1 aliphatic heterocycles. The Morgan fingerprint density at radius 3 is 2.30 bits per heavy atom. The topological polar surface area (TPSA) is 113 Å².